The normalized spacial score (nSPS) is 11.5. The van der Waals surface area contributed by atoms with Gasteiger partial charge in [0.05, 0.1) is 22.9 Å². The number of hydrogen-bond donors (Lipinski definition) is 3. The first kappa shape index (κ1) is 26.5. The van der Waals surface area contributed by atoms with Crippen LogP contribution in [0.5, 0.6) is 0 Å². The molecule has 0 aliphatic rings. The van der Waals surface area contributed by atoms with Crippen LogP contribution in [-0.2, 0) is 19.6 Å². The van der Waals surface area contributed by atoms with Gasteiger partial charge in [-0.15, -0.1) is 0 Å². The molecule has 0 bridgehead atoms. The fourth-order valence-corrected chi connectivity index (χ4v) is 4.46. The molecule has 1 aromatic heterocycles. The molecule has 0 aliphatic carbocycles. The smallest absolute Gasteiger partial charge is 0.290 e. The van der Waals surface area contributed by atoms with Gasteiger partial charge in [-0.2, -0.15) is 9.40 Å². The van der Waals surface area contributed by atoms with Crippen molar-refractivity contribution in [2.75, 3.05) is 18.9 Å². The molecule has 0 atom stereocenters. The van der Waals surface area contributed by atoms with E-state index in [-0.39, 0.29) is 28.1 Å². The number of benzene rings is 2. The zero-order chi connectivity index (χ0) is 26.6. The monoisotopic (exact) mass is 514 g/mol. The van der Waals surface area contributed by atoms with Gasteiger partial charge in [-0.05, 0) is 44.2 Å². The van der Waals surface area contributed by atoms with Crippen LogP contribution in [0.2, 0.25) is 0 Å². The second-order valence-electron chi connectivity index (χ2n) is 8.21. The minimum absolute atomic E-state index is 0.0700. The molecule has 2 aromatic carbocycles. The van der Waals surface area contributed by atoms with Crippen LogP contribution in [0.4, 0.5) is 5.69 Å². The lowest BCUT2D eigenvalue weighted by molar-refractivity contribution is -0.121. The summed E-state index contributed by atoms with van der Waals surface area (Å²) in [6, 6.07) is 11.6. The van der Waals surface area contributed by atoms with Gasteiger partial charge in [-0.3, -0.25) is 30.0 Å². The van der Waals surface area contributed by atoms with Gasteiger partial charge in [-0.25, -0.2) is 13.1 Å². The van der Waals surface area contributed by atoms with E-state index in [1.54, 1.807) is 38.1 Å². The number of nitrogens with one attached hydrogen (secondary N) is 3. The summed E-state index contributed by atoms with van der Waals surface area (Å²) in [7, 11) is -2.81. The van der Waals surface area contributed by atoms with Crippen molar-refractivity contribution in [3.63, 3.8) is 0 Å². The van der Waals surface area contributed by atoms with E-state index in [2.05, 4.69) is 21.3 Å². The van der Waals surface area contributed by atoms with Crippen LogP contribution in [0.15, 0.2) is 58.2 Å². The van der Waals surface area contributed by atoms with Crippen LogP contribution in [0.25, 0.3) is 10.8 Å². The zero-order valence-corrected chi connectivity index (χ0v) is 20.9. The van der Waals surface area contributed by atoms with E-state index in [0.29, 0.717) is 16.5 Å². The maximum atomic E-state index is 12.8. The Morgan fingerprint density at radius 2 is 1.61 bits per heavy atom. The number of likely N-dealkylation sites (N-methyl/N-ethyl adjacent to an activating group) is 1. The number of aromatic nitrogens is 2. The predicted molar refractivity (Wildman–Crippen MR) is 133 cm³/mol. The van der Waals surface area contributed by atoms with Crippen LogP contribution in [-0.4, -0.2) is 53.8 Å². The average molecular weight is 515 g/mol. The number of hydrogen-bond acceptors (Lipinski definition) is 7. The van der Waals surface area contributed by atoms with Crippen LogP contribution in [0, 0.1) is 0 Å². The van der Waals surface area contributed by atoms with Crippen molar-refractivity contribution in [1.29, 1.82) is 0 Å². The summed E-state index contributed by atoms with van der Waals surface area (Å²) in [5.41, 5.74) is 4.40. The van der Waals surface area contributed by atoms with Gasteiger partial charge in [0.1, 0.15) is 0 Å². The van der Waals surface area contributed by atoms with Crippen molar-refractivity contribution in [2.45, 2.75) is 31.7 Å². The highest BCUT2D eigenvalue weighted by molar-refractivity contribution is 7.89. The maximum Gasteiger partial charge on any atom is 0.290 e. The van der Waals surface area contributed by atoms with Gasteiger partial charge in [0.2, 0.25) is 15.9 Å². The Morgan fingerprint density at radius 1 is 1.00 bits per heavy atom. The topological polar surface area (TPSA) is 160 Å². The zero-order valence-electron chi connectivity index (χ0n) is 20.1. The van der Waals surface area contributed by atoms with Crippen LogP contribution in [0.3, 0.4) is 0 Å². The molecular weight excluding hydrogens is 488 g/mol. The first-order chi connectivity index (χ1) is 16.9. The lowest BCUT2D eigenvalue weighted by atomic mass is 10.1. The summed E-state index contributed by atoms with van der Waals surface area (Å²) < 4.78 is 27.5. The minimum atomic E-state index is -4.02. The van der Waals surface area contributed by atoms with E-state index < -0.39 is 28.4 Å². The number of fused-ring (bicyclic) bond motifs is 1. The van der Waals surface area contributed by atoms with Crippen molar-refractivity contribution in [3.8, 4) is 0 Å². The minimum Gasteiger partial charge on any atom is -0.326 e. The molecule has 13 heteroatoms. The quantitative estimate of drug-likeness (QED) is 0.397. The molecule has 0 fully saturated rings. The van der Waals surface area contributed by atoms with E-state index >= 15 is 0 Å². The lowest BCUT2D eigenvalue weighted by Crippen LogP contribution is -2.47. The summed E-state index contributed by atoms with van der Waals surface area (Å²) in [6.45, 7) is 4.23. The summed E-state index contributed by atoms with van der Waals surface area (Å²) in [5.74, 6) is -1.87. The second kappa shape index (κ2) is 10.7. The number of carbonyl (C=O) groups is 3. The first-order valence-corrected chi connectivity index (χ1v) is 12.3. The number of amides is 3. The SMILES string of the molecule is CC(=O)Nc1ccc(S(=O)(=O)N(C)CC(=O)NNC(=O)c2nn(C(C)C)c(=O)c3ccccc23)cc1. The third kappa shape index (κ3) is 5.75. The van der Waals surface area contributed by atoms with E-state index in [0.717, 1.165) is 4.31 Å². The first-order valence-electron chi connectivity index (χ1n) is 10.9. The summed E-state index contributed by atoms with van der Waals surface area (Å²) in [4.78, 5) is 48.8. The van der Waals surface area contributed by atoms with Crippen LogP contribution >= 0.6 is 0 Å². The van der Waals surface area contributed by atoms with Gasteiger partial charge in [0.15, 0.2) is 5.69 Å². The highest BCUT2D eigenvalue weighted by atomic mass is 32.2. The van der Waals surface area contributed by atoms with Crippen molar-refractivity contribution >= 4 is 44.2 Å². The maximum absolute atomic E-state index is 12.8. The molecule has 3 aromatic rings. The molecule has 0 aliphatic heterocycles. The molecule has 3 rings (SSSR count). The second-order valence-corrected chi connectivity index (χ2v) is 10.3. The summed E-state index contributed by atoms with van der Waals surface area (Å²) >= 11 is 0. The number of anilines is 1. The van der Waals surface area contributed by atoms with Crippen molar-refractivity contribution in [2.24, 2.45) is 0 Å². The summed E-state index contributed by atoms with van der Waals surface area (Å²) in [5, 5.41) is 7.30. The fraction of sp³-hybridized carbons (Fsp3) is 0.261. The fourth-order valence-electron chi connectivity index (χ4n) is 3.33. The molecule has 0 saturated heterocycles. The van der Waals surface area contributed by atoms with Crippen molar-refractivity contribution in [3.05, 3.63) is 64.6 Å². The third-order valence-corrected chi connectivity index (χ3v) is 6.91. The van der Waals surface area contributed by atoms with Crippen LogP contribution < -0.4 is 21.7 Å². The molecule has 12 nitrogen and oxygen atoms in total. The molecule has 0 radical (unpaired) electrons. The summed E-state index contributed by atoms with van der Waals surface area (Å²) in [6.07, 6.45) is 0. The Kier molecular flexibility index (Phi) is 7.85. The van der Waals surface area contributed by atoms with E-state index in [4.69, 9.17) is 0 Å². The molecule has 0 saturated carbocycles. The highest BCUT2D eigenvalue weighted by Crippen LogP contribution is 2.18. The van der Waals surface area contributed by atoms with E-state index in [9.17, 15) is 27.6 Å². The lowest BCUT2D eigenvalue weighted by Gasteiger charge is -2.17. The Morgan fingerprint density at radius 3 is 2.19 bits per heavy atom. The Labute approximate surface area is 207 Å². The number of sulfonamides is 1. The predicted octanol–water partition coefficient (Wildman–Crippen LogP) is 1.02. The number of nitrogens with zero attached hydrogens (tertiary/aromatic N) is 3. The molecule has 3 amide bonds. The molecule has 3 N–H and O–H groups in total. The van der Waals surface area contributed by atoms with Gasteiger partial charge in [0.25, 0.3) is 17.4 Å². The molecule has 1 heterocycles. The van der Waals surface area contributed by atoms with E-state index in [1.807, 2.05) is 0 Å². The van der Waals surface area contributed by atoms with Gasteiger partial charge < -0.3 is 5.32 Å². The van der Waals surface area contributed by atoms with Gasteiger partial charge >= 0.3 is 0 Å². The van der Waals surface area contributed by atoms with Crippen molar-refractivity contribution < 1.29 is 22.8 Å². The molecular formula is C23H26N6O6S. The molecule has 0 spiro atoms. The number of carbonyl (C=O) groups excluding carboxylic acids is 3. The number of hydrazine groups is 1. The largest absolute Gasteiger partial charge is 0.326 e. The van der Waals surface area contributed by atoms with Crippen molar-refractivity contribution in [1.82, 2.24) is 24.9 Å². The Balaban J connectivity index is 1.70. The standard InChI is InChI=1S/C23H26N6O6S/c1-14(2)29-23(33)19-8-6-5-7-18(19)21(27-29)22(32)26-25-20(31)13-28(4)36(34,35)17-11-9-16(10-12-17)24-15(3)30/h5-12,14H,13H2,1-4H3,(H,24,30)(H,25,31)(H,26,32). The number of rotatable bonds is 7. The molecule has 190 valence electrons. The van der Waals surface area contributed by atoms with Gasteiger partial charge in [0, 0.05) is 25.0 Å². The Hall–Kier alpha value is -4.10. The Bertz CT molecular complexity index is 1480. The van der Waals surface area contributed by atoms with Gasteiger partial charge in [-0.1, -0.05) is 18.2 Å². The van der Waals surface area contributed by atoms with E-state index in [1.165, 1.54) is 42.9 Å². The third-order valence-electron chi connectivity index (χ3n) is 5.10. The highest BCUT2D eigenvalue weighted by Gasteiger charge is 2.24. The molecule has 36 heavy (non-hydrogen) atoms. The molecule has 0 unspecified atom stereocenters. The van der Waals surface area contributed by atoms with Crippen LogP contribution in [0.1, 0.15) is 37.3 Å². The average Bonchev–Trinajstić information content (AvgIpc) is 2.82.